The number of pyridine rings is 3. The van der Waals surface area contributed by atoms with Gasteiger partial charge in [0.25, 0.3) is 5.56 Å². The molecule has 2 fully saturated rings. The van der Waals surface area contributed by atoms with Gasteiger partial charge in [0.05, 0.1) is 36.5 Å². The molecule has 4 aromatic rings. The summed E-state index contributed by atoms with van der Waals surface area (Å²) in [4.78, 5) is 31.2. The van der Waals surface area contributed by atoms with Crippen LogP contribution in [0.1, 0.15) is 54.4 Å². The third kappa shape index (κ3) is 5.34. The van der Waals surface area contributed by atoms with Gasteiger partial charge in [0, 0.05) is 41.6 Å². The van der Waals surface area contributed by atoms with Gasteiger partial charge in [-0.3, -0.25) is 19.3 Å². The molecule has 1 saturated heterocycles. The topological polar surface area (TPSA) is 92.0 Å². The first kappa shape index (κ1) is 27.4. The molecule has 0 amide bonds. The number of nitrogens with zero attached hydrogens (tertiary/aromatic N) is 5. The van der Waals surface area contributed by atoms with Crippen LogP contribution in [0.25, 0.3) is 17.1 Å². The van der Waals surface area contributed by atoms with Crippen LogP contribution in [0, 0.1) is 30.9 Å². The van der Waals surface area contributed by atoms with E-state index in [1.807, 2.05) is 19.1 Å². The Balaban J connectivity index is 1.27. The lowest BCUT2D eigenvalue weighted by Crippen LogP contribution is -2.44. The predicted octanol–water partition coefficient (Wildman–Crippen LogP) is 5.89. The lowest BCUT2D eigenvalue weighted by Gasteiger charge is -2.46. The molecule has 1 saturated carbocycles. The van der Waals surface area contributed by atoms with Gasteiger partial charge < -0.3 is 9.47 Å². The second kappa shape index (κ2) is 10.9. The molecular weight excluding hydrogens is 552 g/mol. The van der Waals surface area contributed by atoms with E-state index in [-0.39, 0.29) is 23.1 Å². The highest BCUT2D eigenvalue weighted by molar-refractivity contribution is 6.31. The van der Waals surface area contributed by atoms with Crippen molar-refractivity contribution in [2.75, 3.05) is 13.2 Å². The third-order valence-electron chi connectivity index (χ3n) is 8.03. The van der Waals surface area contributed by atoms with Gasteiger partial charge in [0.15, 0.2) is 5.82 Å². The smallest absolute Gasteiger partial charge is 0.277 e. The summed E-state index contributed by atoms with van der Waals surface area (Å²) in [6.07, 6.45) is 8.66. The molecule has 0 bridgehead atoms. The third-order valence-corrected chi connectivity index (χ3v) is 8.38. The molecule has 2 aliphatic rings. The summed E-state index contributed by atoms with van der Waals surface area (Å²) in [5, 5.41) is -0.174. The van der Waals surface area contributed by atoms with Crippen molar-refractivity contribution < 1.29 is 18.3 Å². The lowest BCUT2D eigenvalue weighted by atomic mass is 9.69. The molecule has 1 spiro atoms. The molecule has 0 atom stereocenters. The van der Waals surface area contributed by atoms with E-state index in [9.17, 15) is 13.6 Å². The van der Waals surface area contributed by atoms with Crippen LogP contribution < -0.4 is 10.3 Å². The predicted molar refractivity (Wildman–Crippen MR) is 148 cm³/mol. The minimum Gasteiger partial charge on any atom is -0.485 e. The standard InChI is InChI=1S/C30H28ClF2N5O3/c1-17-12-35-23(22-5-8-34-28(37-22)19-3-6-30(7-4-19)15-40-16-30)11-25(17)38-18(2)9-26(27(31)29(38)39)41-14-24-21(33)10-20(32)13-36-24/h5,8-13,19H,3-4,6-7,14-16H2,1-2H3. The Morgan fingerprint density at radius 1 is 1.07 bits per heavy atom. The molecule has 11 heteroatoms. The van der Waals surface area contributed by atoms with Crippen LogP contribution in [-0.4, -0.2) is 37.7 Å². The van der Waals surface area contributed by atoms with Gasteiger partial charge in [-0.1, -0.05) is 11.6 Å². The van der Waals surface area contributed by atoms with Crippen molar-refractivity contribution in [1.82, 2.24) is 24.5 Å². The van der Waals surface area contributed by atoms with Crippen molar-refractivity contribution in [3.05, 3.63) is 92.6 Å². The Kier molecular flexibility index (Phi) is 7.29. The number of aromatic nitrogens is 5. The highest BCUT2D eigenvalue weighted by atomic mass is 35.5. The van der Waals surface area contributed by atoms with Crippen LogP contribution in [-0.2, 0) is 11.3 Å². The van der Waals surface area contributed by atoms with Crippen LogP contribution in [0.2, 0.25) is 5.02 Å². The first-order valence-electron chi connectivity index (χ1n) is 13.5. The zero-order chi connectivity index (χ0) is 28.7. The molecule has 0 radical (unpaired) electrons. The summed E-state index contributed by atoms with van der Waals surface area (Å²) in [7, 11) is 0. The molecule has 5 heterocycles. The van der Waals surface area contributed by atoms with Gasteiger partial charge in [-0.05, 0) is 57.2 Å². The first-order chi connectivity index (χ1) is 19.7. The summed E-state index contributed by atoms with van der Waals surface area (Å²) >= 11 is 6.43. The summed E-state index contributed by atoms with van der Waals surface area (Å²) in [6, 6.07) is 5.94. The molecule has 1 aliphatic heterocycles. The Labute approximate surface area is 240 Å². The van der Waals surface area contributed by atoms with E-state index in [4.69, 9.17) is 26.1 Å². The zero-order valence-corrected chi connectivity index (χ0v) is 23.4. The molecule has 4 aromatic heterocycles. The van der Waals surface area contributed by atoms with Crippen molar-refractivity contribution in [2.45, 2.75) is 52.1 Å². The highest BCUT2D eigenvalue weighted by Crippen LogP contribution is 2.46. The SMILES string of the molecule is Cc1cnc(-c2ccnc(C3CCC4(CC3)COC4)n2)cc1-n1c(C)cc(OCc2ncc(F)cc2F)c(Cl)c1=O. The van der Waals surface area contributed by atoms with Crippen molar-refractivity contribution >= 4 is 11.6 Å². The van der Waals surface area contributed by atoms with E-state index in [0.717, 1.165) is 62.5 Å². The summed E-state index contributed by atoms with van der Waals surface area (Å²) in [6.45, 7) is 4.99. The summed E-state index contributed by atoms with van der Waals surface area (Å²) in [5.74, 6) is -0.461. The van der Waals surface area contributed by atoms with Crippen LogP contribution in [0.3, 0.4) is 0 Å². The van der Waals surface area contributed by atoms with Crippen LogP contribution in [0.5, 0.6) is 5.75 Å². The summed E-state index contributed by atoms with van der Waals surface area (Å²) < 4.78 is 39.7. The van der Waals surface area contributed by atoms with Gasteiger partial charge in [0.1, 0.15) is 34.7 Å². The van der Waals surface area contributed by atoms with E-state index in [0.29, 0.717) is 34.1 Å². The monoisotopic (exact) mass is 579 g/mol. The number of rotatable bonds is 6. The van der Waals surface area contributed by atoms with Gasteiger partial charge in [-0.25, -0.2) is 18.7 Å². The van der Waals surface area contributed by atoms with Crippen molar-refractivity contribution in [1.29, 1.82) is 0 Å². The fourth-order valence-electron chi connectivity index (χ4n) is 5.56. The maximum Gasteiger partial charge on any atom is 0.277 e. The average Bonchev–Trinajstić information content (AvgIpc) is 2.95. The first-order valence-corrected chi connectivity index (χ1v) is 13.8. The van der Waals surface area contributed by atoms with Gasteiger partial charge in [0.2, 0.25) is 0 Å². The molecular formula is C30H28ClF2N5O3. The Bertz CT molecular complexity index is 1680. The molecule has 0 N–H and O–H groups in total. The number of hydrogen-bond acceptors (Lipinski definition) is 7. The van der Waals surface area contributed by atoms with Gasteiger partial charge in [-0.15, -0.1) is 0 Å². The van der Waals surface area contributed by atoms with E-state index in [1.54, 1.807) is 25.4 Å². The number of aryl methyl sites for hydroxylation is 2. The van der Waals surface area contributed by atoms with Gasteiger partial charge in [-0.2, -0.15) is 0 Å². The average molecular weight is 580 g/mol. The van der Waals surface area contributed by atoms with E-state index >= 15 is 0 Å². The molecule has 212 valence electrons. The van der Waals surface area contributed by atoms with Crippen molar-refractivity contribution in [3.63, 3.8) is 0 Å². The van der Waals surface area contributed by atoms with Crippen LogP contribution in [0.4, 0.5) is 8.78 Å². The maximum atomic E-state index is 14.0. The molecule has 0 unspecified atom stereocenters. The molecule has 8 nitrogen and oxygen atoms in total. The zero-order valence-electron chi connectivity index (χ0n) is 22.7. The van der Waals surface area contributed by atoms with E-state index in [1.165, 1.54) is 4.57 Å². The Morgan fingerprint density at radius 3 is 2.56 bits per heavy atom. The second-order valence-corrected chi connectivity index (χ2v) is 11.3. The van der Waals surface area contributed by atoms with Crippen molar-refractivity contribution in [2.24, 2.45) is 5.41 Å². The number of ether oxygens (including phenoxy) is 2. The van der Waals surface area contributed by atoms with Crippen LogP contribution >= 0.6 is 11.6 Å². The fourth-order valence-corrected chi connectivity index (χ4v) is 5.75. The number of halogens is 3. The van der Waals surface area contributed by atoms with Gasteiger partial charge >= 0.3 is 0 Å². The molecule has 0 aromatic carbocycles. The van der Waals surface area contributed by atoms with E-state index in [2.05, 4.69) is 15.0 Å². The normalized spacial score (nSPS) is 16.5. The summed E-state index contributed by atoms with van der Waals surface area (Å²) in [5.41, 5.74) is 2.92. The highest BCUT2D eigenvalue weighted by Gasteiger charge is 2.42. The largest absolute Gasteiger partial charge is 0.485 e. The Morgan fingerprint density at radius 2 is 1.85 bits per heavy atom. The minimum absolute atomic E-state index is 0.0750. The van der Waals surface area contributed by atoms with Crippen molar-refractivity contribution in [3.8, 4) is 22.8 Å². The quantitative estimate of drug-likeness (QED) is 0.281. The second-order valence-electron chi connectivity index (χ2n) is 10.9. The van der Waals surface area contributed by atoms with Crippen LogP contribution in [0.15, 0.2) is 47.7 Å². The maximum absolute atomic E-state index is 14.0. The molecule has 41 heavy (non-hydrogen) atoms. The minimum atomic E-state index is -0.848. The Hall–Kier alpha value is -3.76. The lowest BCUT2D eigenvalue weighted by molar-refractivity contribution is -0.133. The van der Waals surface area contributed by atoms with E-state index < -0.39 is 17.2 Å². The fraction of sp³-hybridized carbons (Fsp3) is 0.367. The molecule has 6 rings (SSSR count). The molecule has 1 aliphatic carbocycles. The number of hydrogen-bond donors (Lipinski definition) is 0.